The largest absolute Gasteiger partial charge is 0.492 e. The Morgan fingerprint density at radius 1 is 1.19 bits per heavy atom. The second kappa shape index (κ2) is 7.61. The molecule has 2 N–H and O–H groups in total. The smallest absolute Gasteiger partial charge is 0.323 e. The molecule has 3 rings (SSSR count). The normalized spacial score (nSPS) is 11.2. The van der Waals surface area contributed by atoms with Crippen LogP contribution in [0.5, 0.6) is 11.5 Å². The molecule has 0 aliphatic rings. The van der Waals surface area contributed by atoms with Crippen LogP contribution in [-0.2, 0) is 0 Å². The Morgan fingerprint density at radius 2 is 1.96 bits per heavy atom. The molecule has 2 aromatic carbocycles. The molecule has 0 spiro atoms. The SMILES string of the molecule is CCOc1cc(/C=C/C(=O)c2ccc3[nH]c(=O)[nH]c3c2)cc(Br)c1OC. The molecule has 0 saturated heterocycles. The van der Waals surface area contributed by atoms with Crippen LogP contribution >= 0.6 is 15.9 Å². The Bertz CT molecular complexity index is 1050. The van der Waals surface area contributed by atoms with Crippen molar-refractivity contribution in [2.24, 2.45) is 0 Å². The minimum atomic E-state index is -0.299. The van der Waals surface area contributed by atoms with Crippen molar-refractivity contribution in [1.29, 1.82) is 0 Å². The van der Waals surface area contributed by atoms with Crippen LogP contribution in [0.2, 0.25) is 0 Å². The van der Waals surface area contributed by atoms with E-state index in [2.05, 4.69) is 25.9 Å². The topological polar surface area (TPSA) is 84.2 Å². The summed E-state index contributed by atoms with van der Waals surface area (Å²) in [5.41, 5.74) is 2.25. The van der Waals surface area contributed by atoms with E-state index >= 15 is 0 Å². The highest BCUT2D eigenvalue weighted by molar-refractivity contribution is 9.10. The maximum absolute atomic E-state index is 12.4. The van der Waals surface area contributed by atoms with Crippen LogP contribution in [0.3, 0.4) is 0 Å². The summed E-state index contributed by atoms with van der Waals surface area (Å²) in [6.45, 7) is 2.39. The van der Waals surface area contributed by atoms with Gasteiger partial charge in [-0.1, -0.05) is 6.08 Å². The van der Waals surface area contributed by atoms with Gasteiger partial charge < -0.3 is 19.4 Å². The van der Waals surface area contributed by atoms with E-state index in [0.717, 1.165) is 10.0 Å². The highest BCUT2D eigenvalue weighted by Gasteiger charge is 2.11. The minimum absolute atomic E-state index is 0.168. The average molecular weight is 417 g/mol. The van der Waals surface area contributed by atoms with Gasteiger partial charge in [-0.05, 0) is 64.8 Å². The number of halogens is 1. The number of ketones is 1. The summed E-state index contributed by atoms with van der Waals surface area (Å²) in [5, 5.41) is 0. The van der Waals surface area contributed by atoms with E-state index in [-0.39, 0.29) is 11.5 Å². The number of carbonyl (C=O) groups is 1. The zero-order chi connectivity index (χ0) is 18.7. The van der Waals surface area contributed by atoms with Gasteiger partial charge in [-0.3, -0.25) is 4.79 Å². The monoisotopic (exact) mass is 416 g/mol. The van der Waals surface area contributed by atoms with E-state index in [1.54, 1.807) is 31.4 Å². The Morgan fingerprint density at radius 3 is 2.69 bits per heavy atom. The van der Waals surface area contributed by atoms with Crippen LogP contribution in [0.4, 0.5) is 0 Å². The summed E-state index contributed by atoms with van der Waals surface area (Å²) in [4.78, 5) is 29.0. The number of aromatic amines is 2. The molecule has 0 amide bonds. The second-order valence-corrected chi connectivity index (χ2v) is 6.36. The third-order valence-electron chi connectivity index (χ3n) is 3.76. The molecule has 1 aromatic heterocycles. The number of allylic oxidation sites excluding steroid dienone is 1. The predicted octanol–water partition coefficient (Wildman–Crippen LogP) is 3.92. The maximum atomic E-state index is 12.4. The molecule has 0 saturated carbocycles. The quantitative estimate of drug-likeness (QED) is 0.471. The van der Waals surface area contributed by atoms with Crippen LogP contribution < -0.4 is 15.2 Å². The van der Waals surface area contributed by atoms with Gasteiger partial charge in [-0.2, -0.15) is 0 Å². The summed E-state index contributed by atoms with van der Waals surface area (Å²) in [6, 6.07) is 8.68. The molecule has 6 nitrogen and oxygen atoms in total. The van der Waals surface area contributed by atoms with E-state index in [0.29, 0.717) is 34.7 Å². The first-order chi connectivity index (χ1) is 12.5. The molecule has 7 heteroatoms. The van der Waals surface area contributed by atoms with Crippen molar-refractivity contribution in [1.82, 2.24) is 9.97 Å². The van der Waals surface area contributed by atoms with Crippen LogP contribution in [0.15, 0.2) is 45.7 Å². The highest BCUT2D eigenvalue weighted by atomic mass is 79.9. The molecule has 1 heterocycles. The van der Waals surface area contributed by atoms with Crippen LogP contribution in [0.25, 0.3) is 17.1 Å². The molecule has 3 aromatic rings. The van der Waals surface area contributed by atoms with Crippen LogP contribution in [0, 0.1) is 0 Å². The Balaban J connectivity index is 1.88. The Kier molecular flexibility index (Phi) is 5.27. The Labute approximate surface area is 158 Å². The molecule has 0 aliphatic heterocycles. The number of carbonyl (C=O) groups excluding carboxylic acids is 1. The third kappa shape index (κ3) is 3.72. The molecular weight excluding hydrogens is 400 g/mol. The number of rotatable bonds is 6. The number of hydrogen-bond acceptors (Lipinski definition) is 4. The molecule has 0 atom stereocenters. The van der Waals surface area contributed by atoms with Gasteiger partial charge in [0.25, 0.3) is 0 Å². The summed E-state index contributed by atoms with van der Waals surface area (Å²) < 4.78 is 11.6. The maximum Gasteiger partial charge on any atom is 0.323 e. The number of ether oxygens (including phenoxy) is 2. The van der Waals surface area contributed by atoms with Crippen LogP contribution in [-0.4, -0.2) is 29.5 Å². The number of aromatic nitrogens is 2. The molecule has 0 aliphatic carbocycles. The van der Waals surface area contributed by atoms with Gasteiger partial charge >= 0.3 is 5.69 Å². The van der Waals surface area contributed by atoms with Crippen molar-refractivity contribution in [2.75, 3.05) is 13.7 Å². The standard InChI is InChI=1S/C19H17BrN2O4/c1-3-26-17-9-11(8-13(20)18(17)25-2)4-7-16(23)12-5-6-14-15(10-12)22-19(24)21-14/h4-10H,3H2,1-2H3,(H2,21,22,24)/b7-4+. The van der Waals surface area contributed by atoms with E-state index in [4.69, 9.17) is 9.47 Å². The van der Waals surface area contributed by atoms with Gasteiger partial charge in [-0.15, -0.1) is 0 Å². The third-order valence-corrected chi connectivity index (χ3v) is 4.35. The fraction of sp³-hybridized carbons (Fsp3) is 0.158. The van der Waals surface area contributed by atoms with E-state index in [1.807, 2.05) is 19.1 Å². The van der Waals surface area contributed by atoms with Crippen molar-refractivity contribution < 1.29 is 14.3 Å². The van der Waals surface area contributed by atoms with Crippen molar-refractivity contribution in [3.05, 3.63) is 62.5 Å². The summed E-state index contributed by atoms with van der Waals surface area (Å²) in [6.07, 6.45) is 3.19. The number of hydrogen-bond donors (Lipinski definition) is 2. The first-order valence-electron chi connectivity index (χ1n) is 7.96. The molecule has 0 unspecified atom stereocenters. The molecule has 0 bridgehead atoms. The highest BCUT2D eigenvalue weighted by Crippen LogP contribution is 2.36. The van der Waals surface area contributed by atoms with Gasteiger partial charge in [0.05, 0.1) is 29.2 Å². The lowest BCUT2D eigenvalue weighted by atomic mass is 10.1. The summed E-state index contributed by atoms with van der Waals surface area (Å²) in [7, 11) is 1.57. The average Bonchev–Trinajstić information content (AvgIpc) is 2.99. The van der Waals surface area contributed by atoms with Gasteiger partial charge in [0.2, 0.25) is 0 Å². The number of nitrogens with one attached hydrogen (secondary N) is 2. The number of H-pyrrole nitrogens is 2. The molecule has 0 fully saturated rings. The first kappa shape index (κ1) is 18.0. The van der Waals surface area contributed by atoms with E-state index < -0.39 is 0 Å². The summed E-state index contributed by atoms with van der Waals surface area (Å²) in [5.74, 6) is 1.04. The predicted molar refractivity (Wildman–Crippen MR) is 104 cm³/mol. The number of benzene rings is 2. The zero-order valence-corrected chi connectivity index (χ0v) is 15.8. The zero-order valence-electron chi connectivity index (χ0n) is 14.3. The number of methoxy groups -OCH3 is 1. The van der Waals surface area contributed by atoms with Gasteiger partial charge in [-0.25, -0.2) is 4.79 Å². The van der Waals surface area contributed by atoms with Crippen molar-refractivity contribution >= 4 is 38.8 Å². The lowest BCUT2D eigenvalue weighted by molar-refractivity contribution is 0.104. The summed E-state index contributed by atoms with van der Waals surface area (Å²) >= 11 is 3.45. The number of fused-ring (bicyclic) bond motifs is 1. The fourth-order valence-electron chi connectivity index (χ4n) is 2.60. The molecular formula is C19H17BrN2O4. The molecule has 0 radical (unpaired) electrons. The second-order valence-electron chi connectivity index (χ2n) is 5.50. The van der Waals surface area contributed by atoms with Crippen molar-refractivity contribution in [3.63, 3.8) is 0 Å². The van der Waals surface area contributed by atoms with Gasteiger partial charge in [0, 0.05) is 5.56 Å². The van der Waals surface area contributed by atoms with Crippen LogP contribution in [0.1, 0.15) is 22.8 Å². The van der Waals surface area contributed by atoms with Gasteiger partial charge in [0.15, 0.2) is 17.3 Å². The lowest BCUT2D eigenvalue weighted by Crippen LogP contribution is -1.99. The molecule has 134 valence electrons. The minimum Gasteiger partial charge on any atom is -0.492 e. The van der Waals surface area contributed by atoms with Crippen molar-refractivity contribution in [2.45, 2.75) is 6.92 Å². The van der Waals surface area contributed by atoms with Gasteiger partial charge in [0.1, 0.15) is 0 Å². The molecule has 26 heavy (non-hydrogen) atoms. The van der Waals surface area contributed by atoms with E-state index in [1.165, 1.54) is 6.08 Å². The number of imidazole rings is 1. The fourth-order valence-corrected chi connectivity index (χ4v) is 3.22. The Hall–Kier alpha value is -2.80. The first-order valence-corrected chi connectivity index (χ1v) is 8.76. The van der Waals surface area contributed by atoms with E-state index in [9.17, 15) is 9.59 Å². The van der Waals surface area contributed by atoms with Crippen molar-refractivity contribution in [3.8, 4) is 11.5 Å². The lowest BCUT2D eigenvalue weighted by Gasteiger charge is -2.12.